The molecule has 2 amide bonds. The van der Waals surface area contributed by atoms with E-state index in [1.165, 1.54) is 31.8 Å². The SMILES string of the molecule is CCc1ccc(OCC2CC2)c(-c2ncnc3c(C(=O)N[C@H]4CC[C@@H](NC(=O)COC)CC4)c(C)[nH]c23)c1. The fraction of sp³-hybridized carbons (Fsp3) is 0.517. The molecule has 3 aromatic rings. The Morgan fingerprint density at radius 3 is 2.47 bits per heavy atom. The molecule has 0 aliphatic heterocycles. The zero-order valence-corrected chi connectivity index (χ0v) is 22.4. The summed E-state index contributed by atoms with van der Waals surface area (Å²) in [6.07, 6.45) is 8.11. The van der Waals surface area contributed by atoms with E-state index in [1.807, 2.05) is 13.0 Å². The molecule has 2 aliphatic rings. The standard InChI is InChI=1S/C29H37N5O4/c1-4-18-7-12-23(38-14-19-5-6-19)22(13-18)26-28-27(31-16-30-26)25(17(2)32-28)29(36)34-21-10-8-20(9-11-21)33-24(35)15-37-3/h7,12-13,16,19-21,32H,4-6,8-11,14-15H2,1-3H3,(H,33,35)(H,34,36)/t20-,21+. The number of rotatable bonds is 10. The minimum Gasteiger partial charge on any atom is -0.493 e. The van der Waals surface area contributed by atoms with Crippen LogP contribution >= 0.6 is 0 Å². The van der Waals surface area contributed by atoms with Crippen LogP contribution in [-0.4, -0.2) is 59.2 Å². The predicted octanol–water partition coefficient (Wildman–Crippen LogP) is 4.09. The van der Waals surface area contributed by atoms with Crippen LogP contribution in [0.25, 0.3) is 22.3 Å². The molecule has 2 fully saturated rings. The first-order valence-corrected chi connectivity index (χ1v) is 13.6. The van der Waals surface area contributed by atoms with Crippen LogP contribution in [0.3, 0.4) is 0 Å². The van der Waals surface area contributed by atoms with E-state index in [9.17, 15) is 9.59 Å². The summed E-state index contributed by atoms with van der Waals surface area (Å²) in [7, 11) is 1.51. The van der Waals surface area contributed by atoms with Crippen LogP contribution in [0.4, 0.5) is 0 Å². The quantitative estimate of drug-likeness (QED) is 0.371. The third-order valence-corrected chi connectivity index (χ3v) is 7.58. The summed E-state index contributed by atoms with van der Waals surface area (Å²) >= 11 is 0. The van der Waals surface area contributed by atoms with Crippen LogP contribution in [0, 0.1) is 12.8 Å². The zero-order valence-electron chi connectivity index (χ0n) is 22.4. The summed E-state index contributed by atoms with van der Waals surface area (Å²) < 4.78 is 11.1. The molecule has 9 nitrogen and oxygen atoms in total. The lowest BCUT2D eigenvalue weighted by Gasteiger charge is -2.29. The average molecular weight is 520 g/mol. The number of aromatic nitrogens is 3. The maximum Gasteiger partial charge on any atom is 0.255 e. The molecule has 2 aliphatic carbocycles. The number of fused-ring (bicyclic) bond motifs is 1. The second-order valence-corrected chi connectivity index (χ2v) is 10.5. The molecule has 2 saturated carbocycles. The van der Waals surface area contributed by atoms with E-state index in [4.69, 9.17) is 9.47 Å². The first kappa shape index (κ1) is 26.2. The molecule has 9 heteroatoms. The molecular formula is C29H37N5O4. The van der Waals surface area contributed by atoms with Crippen LogP contribution in [-0.2, 0) is 16.0 Å². The number of methoxy groups -OCH3 is 1. The van der Waals surface area contributed by atoms with Crippen molar-refractivity contribution in [1.82, 2.24) is 25.6 Å². The van der Waals surface area contributed by atoms with Crippen LogP contribution in [0.15, 0.2) is 24.5 Å². The maximum atomic E-state index is 13.5. The fourth-order valence-electron chi connectivity index (χ4n) is 5.24. The number of nitrogens with one attached hydrogen (secondary N) is 3. The van der Waals surface area contributed by atoms with Gasteiger partial charge in [0.15, 0.2) is 0 Å². The molecule has 2 aromatic heterocycles. The van der Waals surface area contributed by atoms with Gasteiger partial charge in [-0.05, 0) is 75.5 Å². The molecule has 0 radical (unpaired) electrons. The second kappa shape index (κ2) is 11.5. The number of hydrogen-bond acceptors (Lipinski definition) is 6. The van der Waals surface area contributed by atoms with Crippen LogP contribution in [0.2, 0.25) is 0 Å². The molecule has 202 valence electrons. The highest BCUT2D eigenvalue weighted by Gasteiger charge is 2.27. The van der Waals surface area contributed by atoms with Crippen molar-refractivity contribution >= 4 is 22.8 Å². The number of aryl methyl sites for hydroxylation is 2. The van der Waals surface area contributed by atoms with E-state index in [0.29, 0.717) is 23.6 Å². The number of carbonyl (C=O) groups excluding carboxylic acids is 2. The number of amides is 2. The van der Waals surface area contributed by atoms with Crippen LogP contribution in [0.5, 0.6) is 5.75 Å². The number of hydrogen-bond donors (Lipinski definition) is 3. The largest absolute Gasteiger partial charge is 0.493 e. The molecule has 0 atom stereocenters. The van der Waals surface area contributed by atoms with Gasteiger partial charge in [-0.25, -0.2) is 9.97 Å². The molecule has 5 rings (SSSR count). The van der Waals surface area contributed by atoms with Gasteiger partial charge < -0.3 is 25.1 Å². The summed E-state index contributed by atoms with van der Waals surface area (Å²) in [4.78, 5) is 37.8. The van der Waals surface area contributed by atoms with Crippen molar-refractivity contribution in [3.63, 3.8) is 0 Å². The second-order valence-electron chi connectivity index (χ2n) is 10.5. The van der Waals surface area contributed by atoms with Gasteiger partial charge in [0, 0.05) is 30.5 Å². The van der Waals surface area contributed by atoms with E-state index >= 15 is 0 Å². The van der Waals surface area contributed by atoms with Crippen molar-refractivity contribution in [1.29, 1.82) is 0 Å². The van der Waals surface area contributed by atoms with E-state index in [1.54, 1.807) is 0 Å². The Morgan fingerprint density at radius 2 is 1.79 bits per heavy atom. The first-order valence-electron chi connectivity index (χ1n) is 13.6. The summed E-state index contributed by atoms with van der Waals surface area (Å²) in [5, 5.41) is 6.20. The summed E-state index contributed by atoms with van der Waals surface area (Å²) in [5.74, 6) is 1.20. The van der Waals surface area contributed by atoms with E-state index < -0.39 is 0 Å². The maximum absolute atomic E-state index is 13.5. The van der Waals surface area contributed by atoms with Gasteiger partial charge >= 0.3 is 0 Å². The normalized spacial score (nSPS) is 19.3. The third-order valence-electron chi connectivity index (χ3n) is 7.58. The number of benzene rings is 1. The first-order chi connectivity index (χ1) is 18.5. The fourth-order valence-corrected chi connectivity index (χ4v) is 5.24. The molecule has 0 saturated heterocycles. The molecule has 0 unspecified atom stereocenters. The molecule has 0 spiro atoms. The summed E-state index contributed by atoms with van der Waals surface area (Å²) in [6.45, 7) is 4.80. The van der Waals surface area contributed by atoms with Gasteiger partial charge in [0.2, 0.25) is 5.91 Å². The lowest BCUT2D eigenvalue weighted by Crippen LogP contribution is -2.44. The Labute approximate surface area is 223 Å². The average Bonchev–Trinajstić information content (AvgIpc) is 3.68. The molecule has 38 heavy (non-hydrogen) atoms. The molecular weight excluding hydrogens is 482 g/mol. The van der Waals surface area contributed by atoms with Gasteiger partial charge in [-0.3, -0.25) is 9.59 Å². The number of nitrogens with zero attached hydrogens (tertiary/aromatic N) is 2. The van der Waals surface area contributed by atoms with Gasteiger partial charge in [0.25, 0.3) is 5.91 Å². The Morgan fingerprint density at radius 1 is 1.05 bits per heavy atom. The molecule has 1 aromatic carbocycles. The molecule has 0 bridgehead atoms. The topological polar surface area (TPSA) is 118 Å². The Bertz CT molecular complexity index is 1310. The lowest BCUT2D eigenvalue weighted by atomic mass is 9.91. The van der Waals surface area contributed by atoms with E-state index in [0.717, 1.165) is 60.3 Å². The van der Waals surface area contributed by atoms with Crippen molar-refractivity contribution in [3.05, 3.63) is 41.3 Å². The van der Waals surface area contributed by atoms with Crippen molar-refractivity contribution in [2.75, 3.05) is 20.3 Å². The highest BCUT2D eigenvalue weighted by molar-refractivity contribution is 6.09. The smallest absolute Gasteiger partial charge is 0.255 e. The minimum absolute atomic E-state index is 0.0485. The highest BCUT2D eigenvalue weighted by atomic mass is 16.5. The minimum atomic E-state index is -0.141. The Balaban J connectivity index is 1.35. The Kier molecular flexibility index (Phi) is 7.93. The van der Waals surface area contributed by atoms with Crippen molar-refractivity contribution in [3.8, 4) is 17.0 Å². The lowest BCUT2D eigenvalue weighted by molar-refractivity contribution is -0.125. The van der Waals surface area contributed by atoms with E-state index in [-0.39, 0.29) is 30.5 Å². The third kappa shape index (κ3) is 5.83. The van der Waals surface area contributed by atoms with Gasteiger partial charge in [0.05, 0.1) is 17.7 Å². The van der Waals surface area contributed by atoms with Gasteiger partial charge in [-0.15, -0.1) is 0 Å². The Hall–Kier alpha value is -3.46. The van der Waals surface area contributed by atoms with Crippen molar-refractivity contribution in [2.45, 2.75) is 70.9 Å². The van der Waals surface area contributed by atoms with Gasteiger partial charge in [-0.2, -0.15) is 0 Å². The molecule has 3 N–H and O–H groups in total. The monoisotopic (exact) mass is 519 g/mol. The highest BCUT2D eigenvalue weighted by Crippen LogP contribution is 2.37. The van der Waals surface area contributed by atoms with Gasteiger partial charge in [-0.1, -0.05) is 13.0 Å². The predicted molar refractivity (Wildman–Crippen MR) is 145 cm³/mol. The van der Waals surface area contributed by atoms with Crippen molar-refractivity contribution < 1.29 is 19.1 Å². The molecule has 2 heterocycles. The van der Waals surface area contributed by atoms with Crippen molar-refractivity contribution in [2.24, 2.45) is 5.92 Å². The number of carbonyl (C=O) groups is 2. The van der Waals surface area contributed by atoms with Crippen LogP contribution in [0.1, 0.15) is 67.1 Å². The van der Waals surface area contributed by atoms with E-state index in [2.05, 4.69) is 44.6 Å². The van der Waals surface area contributed by atoms with Gasteiger partial charge in [0.1, 0.15) is 29.9 Å². The summed E-state index contributed by atoms with van der Waals surface area (Å²) in [6, 6.07) is 6.42. The number of H-pyrrole nitrogens is 1. The number of aromatic amines is 1. The number of ether oxygens (including phenoxy) is 2. The summed E-state index contributed by atoms with van der Waals surface area (Å²) in [5.41, 5.74) is 5.51. The zero-order chi connectivity index (χ0) is 26.6. The van der Waals surface area contributed by atoms with Crippen LogP contribution < -0.4 is 15.4 Å².